The molecule has 4 nitrogen and oxygen atoms in total. The van der Waals surface area contributed by atoms with Crippen LogP contribution in [0.15, 0.2) is 11.4 Å². The first kappa shape index (κ1) is 14.4. The van der Waals surface area contributed by atoms with E-state index in [9.17, 15) is 9.59 Å². The maximum Gasteiger partial charge on any atom is 0.267 e. The Balaban J connectivity index is 1.74. The summed E-state index contributed by atoms with van der Waals surface area (Å²) in [5.41, 5.74) is 1.73. The van der Waals surface area contributed by atoms with Crippen LogP contribution in [0.25, 0.3) is 0 Å². The smallest absolute Gasteiger partial charge is 0.267 e. The normalized spacial score (nSPS) is 14.3. The van der Waals surface area contributed by atoms with Crippen molar-refractivity contribution in [3.05, 3.63) is 32.5 Å². The second-order valence-electron chi connectivity index (χ2n) is 5.17. The highest BCUT2D eigenvalue weighted by Gasteiger charge is 2.17. The lowest BCUT2D eigenvalue weighted by Gasteiger charge is -1.98. The number of Topliss-reactive ketones (excluding diaryl/α,β-unsaturated/α-hetero) is 1. The number of rotatable bonds is 3. The number of carbonyl (C=O) groups is 2. The summed E-state index contributed by atoms with van der Waals surface area (Å²) < 4.78 is 0. The van der Waals surface area contributed by atoms with Gasteiger partial charge in [0.2, 0.25) is 0 Å². The van der Waals surface area contributed by atoms with Crippen molar-refractivity contribution in [1.29, 1.82) is 0 Å². The number of aromatic nitrogens is 1. The first-order chi connectivity index (χ1) is 10.1. The fourth-order valence-electron chi connectivity index (χ4n) is 2.43. The van der Waals surface area contributed by atoms with E-state index >= 15 is 0 Å². The summed E-state index contributed by atoms with van der Waals surface area (Å²) in [6.07, 6.45) is 5.85. The molecule has 1 aliphatic rings. The van der Waals surface area contributed by atoms with E-state index in [0.717, 1.165) is 17.7 Å². The summed E-state index contributed by atoms with van der Waals surface area (Å²) in [6.45, 7) is 1.47. The highest BCUT2D eigenvalue weighted by molar-refractivity contribution is 7.15. The number of hydrogen-bond acceptors (Lipinski definition) is 5. The van der Waals surface area contributed by atoms with Gasteiger partial charge >= 0.3 is 0 Å². The van der Waals surface area contributed by atoms with Gasteiger partial charge in [-0.25, -0.2) is 4.98 Å². The average molecular weight is 320 g/mol. The van der Waals surface area contributed by atoms with Gasteiger partial charge in [-0.2, -0.15) is 0 Å². The number of carbonyl (C=O) groups excluding carboxylic acids is 2. The molecule has 2 aromatic heterocycles. The quantitative estimate of drug-likeness (QED) is 0.688. The van der Waals surface area contributed by atoms with Gasteiger partial charge in [0.05, 0.1) is 4.88 Å². The number of nitrogens with zero attached hydrogens (tertiary/aromatic N) is 1. The Bertz CT molecular complexity index is 664. The Hall–Kier alpha value is -1.53. The average Bonchev–Trinajstić information content (AvgIpc) is 3.01. The van der Waals surface area contributed by atoms with Gasteiger partial charge in [0.1, 0.15) is 5.69 Å². The lowest BCUT2D eigenvalue weighted by molar-refractivity contribution is 0.100. The van der Waals surface area contributed by atoms with Crippen molar-refractivity contribution in [2.45, 2.75) is 39.0 Å². The molecule has 0 fully saturated rings. The second-order valence-corrected chi connectivity index (χ2v) is 7.16. The molecule has 0 aliphatic heterocycles. The molecule has 1 N–H and O–H groups in total. The van der Waals surface area contributed by atoms with Crippen LogP contribution in [0.5, 0.6) is 0 Å². The largest absolute Gasteiger partial charge is 0.297 e. The van der Waals surface area contributed by atoms with Crippen molar-refractivity contribution in [2.24, 2.45) is 0 Å². The van der Waals surface area contributed by atoms with Crippen molar-refractivity contribution in [2.75, 3.05) is 5.32 Å². The first-order valence-corrected chi connectivity index (χ1v) is 8.72. The number of thiazole rings is 1. The van der Waals surface area contributed by atoms with Gasteiger partial charge in [-0.15, -0.1) is 22.7 Å². The molecule has 0 atom stereocenters. The second kappa shape index (κ2) is 6.07. The monoisotopic (exact) mass is 320 g/mol. The van der Waals surface area contributed by atoms with E-state index < -0.39 is 0 Å². The molecule has 1 amide bonds. The summed E-state index contributed by atoms with van der Waals surface area (Å²) in [6, 6.07) is 2.01. The highest BCUT2D eigenvalue weighted by atomic mass is 32.1. The van der Waals surface area contributed by atoms with Gasteiger partial charge in [0, 0.05) is 17.2 Å². The van der Waals surface area contributed by atoms with Crippen LogP contribution in [-0.4, -0.2) is 16.7 Å². The summed E-state index contributed by atoms with van der Waals surface area (Å²) in [5.74, 6) is -0.216. The Labute approximate surface area is 131 Å². The Morgan fingerprint density at radius 1 is 1.24 bits per heavy atom. The molecule has 0 radical (unpaired) electrons. The van der Waals surface area contributed by atoms with E-state index in [1.54, 1.807) is 16.7 Å². The Morgan fingerprint density at radius 3 is 2.81 bits per heavy atom. The molecule has 2 heterocycles. The lowest BCUT2D eigenvalue weighted by atomic mass is 10.1. The SMILES string of the molecule is CC(=O)c1csc(NC(=O)c2cc3c(s2)CCCCC3)n1. The topological polar surface area (TPSA) is 59.1 Å². The fourth-order valence-corrected chi connectivity index (χ4v) is 4.32. The number of fused-ring (bicyclic) bond motifs is 1. The molecule has 0 aromatic carbocycles. The third-order valence-corrected chi connectivity index (χ3v) is 5.55. The van der Waals surface area contributed by atoms with Crippen molar-refractivity contribution >= 4 is 39.5 Å². The molecule has 0 saturated heterocycles. The zero-order valence-corrected chi connectivity index (χ0v) is 13.4. The van der Waals surface area contributed by atoms with Crippen LogP contribution in [-0.2, 0) is 12.8 Å². The molecule has 3 rings (SSSR count). The third kappa shape index (κ3) is 3.22. The molecule has 0 bridgehead atoms. The number of ketones is 1. The lowest BCUT2D eigenvalue weighted by Crippen LogP contribution is -2.10. The summed E-state index contributed by atoms with van der Waals surface area (Å²) in [7, 11) is 0. The third-order valence-electron chi connectivity index (χ3n) is 3.56. The van der Waals surface area contributed by atoms with Crippen LogP contribution < -0.4 is 5.32 Å². The first-order valence-electron chi connectivity index (χ1n) is 7.03. The molecular weight excluding hydrogens is 304 g/mol. The van der Waals surface area contributed by atoms with E-state index in [1.165, 1.54) is 48.0 Å². The maximum absolute atomic E-state index is 12.3. The van der Waals surface area contributed by atoms with E-state index in [0.29, 0.717) is 10.8 Å². The number of anilines is 1. The van der Waals surface area contributed by atoms with Gasteiger partial charge in [0.15, 0.2) is 10.9 Å². The fraction of sp³-hybridized carbons (Fsp3) is 0.400. The number of amides is 1. The minimum atomic E-state index is -0.127. The van der Waals surface area contributed by atoms with Crippen molar-refractivity contribution in [1.82, 2.24) is 4.98 Å². The molecule has 110 valence electrons. The Morgan fingerprint density at radius 2 is 2.05 bits per heavy atom. The van der Waals surface area contributed by atoms with Crippen LogP contribution in [0.2, 0.25) is 0 Å². The van der Waals surface area contributed by atoms with Crippen molar-refractivity contribution in [3.8, 4) is 0 Å². The minimum absolute atomic E-state index is 0.0883. The van der Waals surface area contributed by atoms with E-state index in [1.807, 2.05) is 6.07 Å². The summed E-state index contributed by atoms with van der Waals surface area (Å²) in [4.78, 5) is 29.7. The van der Waals surface area contributed by atoms with E-state index in [2.05, 4.69) is 10.3 Å². The van der Waals surface area contributed by atoms with Gasteiger partial charge in [0.25, 0.3) is 5.91 Å². The van der Waals surface area contributed by atoms with Gasteiger partial charge in [-0.1, -0.05) is 6.42 Å². The predicted molar refractivity (Wildman–Crippen MR) is 85.6 cm³/mol. The molecular formula is C15H16N2O2S2. The predicted octanol–water partition coefficient (Wildman–Crippen LogP) is 3.93. The Kier molecular flexibility index (Phi) is 4.17. The van der Waals surface area contributed by atoms with Gasteiger partial charge in [-0.3, -0.25) is 14.9 Å². The molecule has 1 aliphatic carbocycles. The van der Waals surface area contributed by atoms with Crippen LogP contribution >= 0.6 is 22.7 Å². The highest BCUT2D eigenvalue weighted by Crippen LogP contribution is 2.29. The van der Waals surface area contributed by atoms with Crippen molar-refractivity contribution in [3.63, 3.8) is 0 Å². The maximum atomic E-state index is 12.3. The van der Waals surface area contributed by atoms with Crippen LogP contribution in [0, 0.1) is 0 Å². The number of hydrogen-bond donors (Lipinski definition) is 1. The molecule has 0 saturated carbocycles. The van der Waals surface area contributed by atoms with Crippen LogP contribution in [0.1, 0.15) is 56.8 Å². The molecule has 0 spiro atoms. The molecule has 21 heavy (non-hydrogen) atoms. The zero-order chi connectivity index (χ0) is 14.8. The summed E-state index contributed by atoms with van der Waals surface area (Å²) >= 11 is 2.87. The van der Waals surface area contributed by atoms with E-state index in [-0.39, 0.29) is 11.7 Å². The summed E-state index contributed by atoms with van der Waals surface area (Å²) in [5, 5.41) is 4.93. The van der Waals surface area contributed by atoms with Gasteiger partial charge < -0.3 is 0 Å². The van der Waals surface area contributed by atoms with Crippen molar-refractivity contribution < 1.29 is 9.59 Å². The number of nitrogens with one attached hydrogen (secondary N) is 1. The molecule has 6 heteroatoms. The van der Waals surface area contributed by atoms with Crippen LogP contribution in [0.3, 0.4) is 0 Å². The standard InChI is InChI=1S/C15H16N2O2S2/c1-9(18)11-8-20-15(16-11)17-14(19)13-7-10-5-3-2-4-6-12(10)21-13/h7-8H,2-6H2,1H3,(H,16,17,19). The molecule has 2 aromatic rings. The molecule has 0 unspecified atom stereocenters. The minimum Gasteiger partial charge on any atom is -0.297 e. The number of aryl methyl sites for hydroxylation is 2. The van der Waals surface area contributed by atoms with Gasteiger partial charge in [-0.05, 0) is 37.3 Å². The zero-order valence-electron chi connectivity index (χ0n) is 11.8. The van der Waals surface area contributed by atoms with E-state index in [4.69, 9.17) is 0 Å². The number of thiophene rings is 1. The van der Waals surface area contributed by atoms with Crippen LogP contribution in [0.4, 0.5) is 5.13 Å².